The van der Waals surface area contributed by atoms with E-state index in [0.29, 0.717) is 5.56 Å². The molecular weight excluding hydrogens is 242 g/mol. The molecule has 2 N–H and O–H groups in total. The summed E-state index contributed by atoms with van der Waals surface area (Å²) >= 11 is 0. The van der Waals surface area contributed by atoms with Gasteiger partial charge in [-0.3, -0.25) is 14.6 Å². The first-order valence-electron chi connectivity index (χ1n) is 6.27. The van der Waals surface area contributed by atoms with Gasteiger partial charge in [0.15, 0.2) is 0 Å². The van der Waals surface area contributed by atoms with Crippen LogP contribution in [0.25, 0.3) is 0 Å². The number of aromatic nitrogens is 4. The van der Waals surface area contributed by atoms with Crippen LogP contribution in [-0.2, 0) is 13.5 Å². The Morgan fingerprint density at radius 1 is 1.53 bits per heavy atom. The largest absolute Gasteiger partial charge is 0.349 e. The Balaban J connectivity index is 2.01. The summed E-state index contributed by atoms with van der Waals surface area (Å²) in [6, 6.07) is 0.0454. The second kappa shape index (κ2) is 5.26. The Kier molecular flexibility index (Phi) is 3.69. The summed E-state index contributed by atoms with van der Waals surface area (Å²) in [6.45, 7) is 6.02. The van der Waals surface area contributed by atoms with Crippen LogP contribution in [-0.4, -0.2) is 31.9 Å². The number of nitrogens with one attached hydrogen (secondary N) is 2. The molecule has 102 valence electrons. The van der Waals surface area contributed by atoms with Gasteiger partial charge >= 0.3 is 0 Å². The van der Waals surface area contributed by atoms with E-state index in [1.54, 1.807) is 6.20 Å². The molecule has 0 aromatic carbocycles. The molecule has 1 unspecified atom stereocenters. The van der Waals surface area contributed by atoms with E-state index >= 15 is 0 Å². The SMILES string of the molecule is Cc1nn(C)c(C)c1CC(C)NC(=O)c1cn[nH]c1. The van der Waals surface area contributed by atoms with Gasteiger partial charge in [-0.1, -0.05) is 0 Å². The van der Waals surface area contributed by atoms with Crippen LogP contribution in [0, 0.1) is 13.8 Å². The molecule has 6 nitrogen and oxygen atoms in total. The Bertz CT molecular complexity index is 570. The number of hydrogen-bond donors (Lipinski definition) is 2. The molecule has 0 radical (unpaired) electrons. The fourth-order valence-corrected chi connectivity index (χ4v) is 2.15. The standard InChI is InChI=1S/C13H19N5O/c1-8(16-13(19)11-6-14-15-7-11)5-12-9(2)17-18(4)10(12)3/h6-8H,5H2,1-4H3,(H,14,15)(H,16,19). The lowest BCUT2D eigenvalue weighted by Gasteiger charge is -2.13. The normalized spacial score (nSPS) is 12.4. The summed E-state index contributed by atoms with van der Waals surface area (Å²) in [7, 11) is 1.93. The average molecular weight is 261 g/mol. The summed E-state index contributed by atoms with van der Waals surface area (Å²) in [5, 5.41) is 13.7. The Morgan fingerprint density at radius 3 is 2.79 bits per heavy atom. The Morgan fingerprint density at radius 2 is 2.26 bits per heavy atom. The number of aryl methyl sites for hydroxylation is 2. The number of rotatable bonds is 4. The van der Waals surface area contributed by atoms with Crippen LogP contribution in [0.4, 0.5) is 0 Å². The topological polar surface area (TPSA) is 75.6 Å². The van der Waals surface area contributed by atoms with Gasteiger partial charge in [0, 0.05) is 25.0 Å². The molecule has 1 atom stereocenters. The maximum absolute atomic E-state index is 11.9. The predicted molar refractivity (Wildman–Crippen MR) is 71.9 cm³/mol. The Hall–Kier alpha value is -2.11. The van der Waals surface area contributed by atoms with Crippen LogP contribution >= 0.6 is 0 Å². The average Bonchev–Trinajstić information content (AvgIpc) is 2.94. The highest BCUT2D eigenvalue weighted by Crippen LogP contribution is 2.14. The van der Waals surface area contributed by atoms with Gasteiger partial charge in [-0.2, -0.15) is 10.2 Å². The van der Waals surface area contributed by atoms with Crippen LogP contribution < -0.4 is 5.32 Å². The third-order valence-electron chi connectivity index (χ3n) is 3.31. The highest BCUT2D eigenvalue weighted by molar-refractivity contribution is 5.93. The van der Waals surface area contributed by atoms with E-state index < -0.39 is 0 Å². The van der Waals surface area contributed by atoms with E-state index in [4.69, 9.17) is 0 Å². The number of carbonyl (C=O) groups excluding carboxylic acids is 1. The molecule has 19 heavy (non-hydrogen) atoms. The van der Waals surface area contributed by atoms with Gasteiger partial charge in [-0.05, 0) is 32.8 Å². The van der Waals surface area contributed by atoms with Crippen molar-refractivity contribution in [1.82, 2.24) is 25.3 Å². The summed E-state index contributed by atoms with van der Waals surface area (Å²) in [4.78, 5) is 11.9. The lowest BCUT2D eigenvalue weighted by Crippen LogP contribution is -2.34. The van der Waals surface area contributed by atoms with E-state index in [9.17, 15) is 4.79 Å². The summed E-state index contributed by atoms with van der Waals surface area (Å²) < 4.78 is 1.87. The molecule has 2 rings (SSSR count). The minimum atomic E-state index is -0.111. The Labute approximate surface area is 112 Å². The molecule has 1 amide bonds. The van der Waals surface area contributed by atoms with Crippen LogP contribution in [0.5, 0.6) is 0 Å². The van der Waals surface area contributed by atoms with Gasteiger partial charge in [-0.15, -0.1) is 0 Å². The molecular formula is C13H19N5O. The molecule has 0 fully saturated rings. The monoisotopic (exact) mass is 261 g/mol. The van der Waals surface area contributed by atoms with Crippen LogP contribution in [0.15, 0.2) is 12.4 Å². The van der Waals surface area contributed by atoms with Crippen molar-refractivity contribution in [3.63, 3.8) is 0 Å². The van der Waals surface area contributed by atoms with Crippen molar-refractivity contribution in [3.05, 3.63) is 34.9 Å². The molecule has 2 heterocycles. The maximum Gasteiger partial charge on any atom is 0.254 e. The molecule has 0 bridgehead atoms. The zero-order valence-corrected chi connectivity index (χ0v) is 11.7. The van der Waals surface area contributed by atoms with Crippen LogP contribution in [0.2, 0.25) is 0 Å². The van der Waals surface area contributed by atoms with Gasteiger partial charge in [0.25, 0.3) is 5.91 Å². The molecule has 0 saturated carbocycles. The maximum atomic E-state index is 11.9. The van der Waals surface area contributed by atoms with E-state index in [1.165, 1.54) is 11.8 Å². The number of amides is 1. The van der Waals surface area contributed by atoms with Crippen molar-refractivity contribution in [2.75, 3.05) is 0 Å². The van der Waals surface area contributed by atoms with Crippen molar-refractivity contribution >= 4 is 5.91 Å². The molecule has 2 aromatic heterocycles. The van der Waals surface area contributed by atoms with E-state index in [0.717, 1.165) is 17.8 Å². The molecule has 2 aromatic rings. The van der Waals surface area contributed by atoms with Crippen molar-refractivity contribution < 1.29 is 4.79 Å². The second-order valence-corrected chi connectivity index (χ2v) is 4.84. The zero-order valence-electron chi connectivity index (χ0n) is 11.7. The smallest absolute Gasteiger partial charge is 0.254 e. The number of aromatic amines is 1. The van der Waals surface area contributed by atoms with Crippen LogP contribution in [0.3, 0.4) is 0 Å². The first kappa shape index (κ1) is 13.3. The summed E-state index contributed by atoms with van der Waals surface area (Å²) in [5.74, 6) is -0.111. The zero-order chi connectivity index (χ0) is 14.0. The first-order valence-corrected chi connectivity index (χ1v) is 6.27. The molecule has 0 spiro atoms. The third-order valence-corrected chi connectivity index (χ3v) is 3.31. The van der Waals surface area contributed by atoms with Crippen molar-refractivity contribution in [2.45, 2.75) is 33.2 Å². The van der Waals surface area contributed by atoms with Crippen molar-refractivity contribution in [3.8, 4) is 0 Å². The third kappa shape index (κ3) is 2.83. The van der Waals surface area contributed by atoms with E-state index in [-0.39, 0.29) is 11.9 Å². The van der Waals surface area contributed by atoms with Gasteiger partial charge in [0.05, 0.1) is 17.5 Å². The molecule has 0 saturated heterocycles. The highest BCUT2D eigenvalue weighted by atomic mass is 16.1. The number of hydrogen-bond acceptors (Lipinski definition) is 3. The highest BCUT2D eigenvalue weighted by Gasteiger charge is 2.15. The van der Waals surface area contributed by atoms with Crippen molar-refractivity contribution in [1.29, 1.82) is 0 Å². The quantitative estimate of drug-likeness (QED) is 0.866. The van der Waals surface area contributed by atoms with E-state index in [2.05, 4.69) is 20.6 Å². The van der Waals surface area contributed by atoms with Gasteiger partial charge in [0.2, 0.25) is 0 Å². The predicted octanol–water partition coefficient (Wildman–Crippen LogP) is 1.12. The second-order valence-electron chi connectivity index (χ2n) is 4.84. The summed E-state index contributed by atoms with van der Waals surface area (Å²) in [6.07, 6.45) is 3.88. The molecule has 0 aliphatic heterocycles. The van der Waals surface area contributed by atoms with Gasteiger partial charge in [0.1, 0.15) is 0 Å². The minimum absolute atomic E-state index is 0.0454. The minimum Gasteiger partial charge on any atom is -0.349 e. The fraction of sp³-hybridized carbons (Fsp3) is 0.462. The first-order chi connectivity index (χ1) is 8.99. The van der Waals surface area contributed by atoms with Gasteiger partial charge < -0.3 is 5.32 Å². The number of carbonyl (C=O) groups is 1. The lowest BCUT2D eigenvalue weighted by molar-refractivity contribution is 0.0940. The molecule has 0 aliphatic carbocycles. The van der Waals surface area contributed by atoms with Crippen LogP contribution in [0.1, 0.15) is 34.2 Å². The fourth-order valence-electron chi connectivity index (χ4n) is 2.15. The van der Waals surface area contributed by atoms with Crippen molar-refractivity contribution in [2.24, 2.45) is 7.05 Å². The number of nitrogens with zero attached hydrogens (tertiary/aromatic N) is 3. The number of H-pyrrole nitrogens is 1. The molecule has 0 aliphatic rings. The van der Waals surface area contributed by atoms with E-state index in [1.807, 2.05) is 32.5 Å². The lowest BCUT2D eigenvalue weighted by atomic mass is 10.1. The molecule has 6 heteroatoms. The van der Waals surface area contributed by atoms with Gasteiger partial charge in [-0.25, -0.2) is 0 Å². The summed E-state index contributed by atoms with van der Waals surface area (Å²) in [5.41, 5.74) is 3.90.